The van der Waals surface area contributed by atoms with E-state index in [2.05, 4.69) is 12.2 Å². The summed E-state index contributed by atoms with van der Waals surface area (Å²) in [6.45, 7) is 2.15. The summed E-state index contributed by atoms with van der Waals surface area (Å²) in [6.07, 6.45) is 4.49. The first-order valence-electron chi connectivity index (χ1n) is 6.25. The summed E-state index contributed by atoms with van der Waals surface area (Å²) in [5, 5.41) is 12.2. The summed E-state index contributed by atoms with van der Waals surface area (Å²) in [6, 6.07) is 9.82. The second kappa shape index (κ2) is 7.71. The van der Waals surface area contributed by atoms with E-state index in [1.165, 1.54) is 0 Å². The van der Waals surface area contributed by atoms with Crippen LogP contribution in [0, 0.1) is 0 Å². The van der Waals surface area contributed by atoms with E-state index in [0.717, 1.165) is 31.4 Å². The molecule has 0 bridgehead atoms. The molecule has 0 aromatic heterocycles. The molecular formula is C14H21NO2. The summed E-state index contributed by atoms with van der Waals surface area (Å²) >= 11 is 0. The van der Waals surface area contributed by atoms with Gasteiger partial charge >= 0.3 is 5.97 Å². The number of para-hydroxylation sites is 1. The number of nitrogens with one attached hydrogen (secondary N) is 1. The maximum atomic E-state index is 10.8. The quantitative estimate of drug-likeness (QED) is 0.678. The topological polar surface area (TPSA) is 49.3 Å². The lowest BCUT2D eigenvalue weighted by atomic mass is 10.1. The number of hydrogen-bond donors (Lipinski definition) is 2. The number of rotatable bonds is 8. The molecule has 0 aliphatic heterocycles. The summed E-state index contributed by atoms with van der Waals surface area (Å²) in [5.74, 6) is -0.741. The number of carboxylic acids is 1. The summed E-state index contributed by atoms with van der Waals surface area (Å²) in [5.41, 5.74) is 0.996. The predicted octanol–water partition coefficient (Wildman–Crippen LogP) is 3.52. The van der Waals surface area contributed by atoms with Crippen molar-refractivity contribution in [3.63, 3.8) is 0 Å². The molecule has 3 nitrogen and oxygen atoms in total. The van der Waals surface area contributed by atoms with Crippen LogP contribution in [0.1, 0.15) is 39.0 Å². The average Bonchev–Trinajstić information content (AvgIpc) is 2.30. The zero-order valence-corrected chi connectivity index (χ0v) is 10.4. The summed E-state index contributed by atoms with van der Waals surface area (Å²) < 4.78 is 0. The molecule has 1 aromatic carbocycles. The Bertz CT molecular complexity index is 324. The van der Waals surface area contributed by atoms with Crippen molar-refractivity contribution in [3.8, 4) is 0 Å². The van der Waals surface area contributed by atoms with Gasteiger partial charge in [0.2, 0.25) is 0 Å². The van der Waals surface area contributed by atoms with Gasteiger partial charge in [0.25, 0.3) is 0 Å². The van der Waals surface area contributed by atoms with Crippen LogP contribution in [-0.2, 0) is 4.79 Å². The van der Waals surface area contributed by atoms with E-state index in [0.29, 0.717) is 0 Å². The highest BCUT2D eigenvalue weighted by Crippen LogP contribution is 2.14. The normalized spacial score (nSPS) is 12.1. The van der Waals surface area contributed by atoms with E-state index < -0.39 is 5.97 Å². The maximum Gasteiger partial charge on any atom is 0.305 e. The van der Waals surface area contributed by atoms with Gasteiger partial charge < -0.3 is 10.4 Å². The van der Waals surface area contributed by atoms with Gasteiger partial charge in [-0.15, -0.1) is 0 Å². The molecule has 0 saturated heterocycles. The minimum absolute atomic E-state index is 0.0291. The zero-order chi connectivity index (χ0) is 12.5. The first kappa shape index (κ1) is 13.6. The molecule has 1 unspecified atom stereocenters. The lowest BCUT2D eigenvalue weighted by molar-refractivity contribution is -0.137. The van der Waals surface area contributed by atoms with E-state index in [-0.39, 0.29) is 12.5 Å². The van der Waals surface area contributed by atoms with Crippen LogP contribution >= 0.6 is 0 Å². The molecule has 0 aliphatic rings. The summed E-state index contributed by atoms with van der Waals surface area (Å²) in [7, 11) is 0. The molecule has 0 radical (unpaired) electrons. The molecule has 0 saturated carbocycles. The molecule has 0 fully saturated rings. The second-order valence-corrected chi connectivity index (χ2v) is 4.30. The summed E-state index contributed by atoms with van der Waals surface area (Å²) in [4.78, 5) is 10.8. The van der Waals surface area contributed by atoms with E-state index >= 15 is 0 Å². The third-order valence-electron chi connectivity index (χ3n) is 2.72. The van der Waals surface area contributed by atoms with Gasteiger partial charge in [0.15, 0.2) is 0 Å². The zero-order valence-electron chi connectivity index (χ0n) is 10.4. The van der Waals surface area contributed by atoms with Crippen LogP contribution < -0.4 is 5.32 Å². The highest BCUT2D eigenvalue weighted by molar-refractivity contribution is 5.68. The van der Waals surface area contributed by atoms with Crippen molar-refractivity contribution in [2.24, 2.45) is 0 Å². The van der Waals surface area contributed by atoms with E-state index in [1.54, 1.807) is 0 Å². The number of carboxylic acid groups (broad SMARTS) is 1. The van der Waals surface area contributed by atoms with Crippen molar-refractivity contribution in [3.05, 3.63) is 30.3 Å². The van der Waals surface area contributed by atoms with Gasteiger partial charge in [-0.25, -0.2) is 0 Å². The van der Waals surface area contributed by atoms with Crippen LogP contribution in [0.25, 0.3) is 0 Å². The molecular weight excluding hydrogens is 214 g/mol. The largest absolute Gasteiger partial charge is 0.481 e. The lowest BCUT2D eigenvalue weighted by Gasteiger charge is -2.18. The van der Waals surface area contributed by atoms with Gasteiger partial charge in [-0.1, -0.05) is 44.4 Å². The van der Waals surface area contributed by atoms with Gasteiger partial charge in [0, 0.05) is 11.7 Å². The van der Waals surface area contributed by atoms with Crippen LogP contribution in [0.4, 0.5) is 5.69 Å². The van der Waals surface area contributed by atoms with Crippen LogP contribution in [0.15, 0.2) is 30.3 Å². The van der Waals surface area contributed by atoms with E-state index in [9.17, 15) is 4.79 Å². The first-order valence-corrected chi connectivity index (χ1v) is 6.25. The van der Waals surface area contributed by atoms with Crippen LogP contribution in [0.2, 0.25) is 0 Å². The molecule has 1 rings (SSSR count). The predicted molar refractivity (Wildman–Crippen MR) is 70.2 cm³/mol. The molecule has 1 atom stereocenters. The molecule has 0 aliphatic carbocycles. The number of unbranched alkanes of at least 4 members (excludes halogenated alkanes) is 2. The number of carbonyl (C=O) groups is 1. The second-order valence-electron chi connectivity index (χ2n) is 4.30. The van der Waals surface area contributed by atoms with Crippen LogP contribution in [0.3, 0.4) is 0 Å². The molecule has 94 valence electrons. The highest BCUT2D eigenvalue weighted by atomic mass is 16.4. The SMILES string of the molecule is CCCCCC(CC(=O)O)Nc1ccccc1. The average molecular weight is 235 g/mol. The lowest BCUT2D eigenvalue weighted by Crippen LogP contribution is -2.23. The smallest absolute Gasteiger partial charge is 0.305 e. The fourth-order valence-corrected chi connectivity index (χ4v) is 1.85. The Morgan fingerprint density at radius 3 is 2.59 bits per heavy atom. The number of benzene rings is 1. The van der Waals surface area contributed by atoms with Gasteiger partial charge in [-0.3, -0.25) is 4.79 Å². The molecule has 0 amide bonds. The Morgan fingerprint density at radius 1 is 1.29 bits per heavy atom. The Kier molecular flexibility index (Phi) is 6.15. The maximum absolute atomic E-state index is 10.8. The number of hydrogen-bond acceptors (Lipinski definition) is 2. The van der Waals surface area contributed by atoms with Crippen molar-refractivity contribution in [1.29, 1.82) is 0 Å². The molecule has 2 N–H and O–H groups in total. The minimum Gasteiger partial charge on any atom is -0.481 e. The third-order valence-corrected chi connectivity index (χ3v) is 2.72. The third kappa shape index (κ3) is 5.95. The van der Waals surface area contributed by atoms with Crippen LogP contribution in [0.5, 0.6) is 0 Å². The van der Waals surface area contributed by atoms with Crippen molar-refractivity contribution < 1.29 is 9.90 Å². The molecule has 1 aromatic rings. The minimum atomic E-state index is -0.741. The Balaban J connectivity index is 2.48. The van der Waals surface area contributed by atoms with E-state index in [1.807, 2.05) is 30.3 Å². The molecule has 0 spiro atoms. The van der Waals surface area contributed by atoms with Gasteiger partial charge in [0.1, 0.15) is 0 Å². The molecule has 0 heterocycles. The number of anilines is 1. The Hall–Kier alpha value is -1.51. The van der Waals surface area contributed by atoms with Gasteiger partial charge in [-0.05, 0) is 18.6 Å². The standard InChI is InChI=1S/C14H21NO2/c1-2-3-5-10-13(11-14(16)17)15-12-8-6-4-7-9-12/h4,6-9,13,15H,2-3,5,10-11H2,1H3,(H,16,17). The van der Waals surface area contributed by atoms with E-state index in [4.69, 9.17) is 5.11 Å². The fourth-order valence-electron chi connectivity index (χ4n) is 1.85. The van der Waals surface area contributed by atoms with Crippen LogP contribution in [-0.4, -0.2) is 17.1 Å². The van der Waals surface area contributed by atoms with Gasteiger partial charge in [-0.2, -0.15) is 0 Å². The van der Waals surface area contributed by atoms with Crippen molar-refractivity contribution in [2.75, 3.05) is 5.32 Å². The van der Waals surface area contributed by atoms with Crippen molar-refractivity contribution in [1.82, 2.24) is 0 Å². The Labute approximate surface area is 103 Å². The monoisotopic (exact) mass is 235 g/mol. The molecule has 3 heteroatoms. The van der Waals surface area contributed by atoms with Gasteiger partial charge in [0.05, 0.1) is 6.42 Å². The van der Waals surface area contributed by atoms with Crippen molar-refractivity contribution in [2.45, 2.75) is 45.1 Å². The molecule has 17 heavy (non-hydrogen) atoms. The Morgan fingerprint density at radius 2 is 2.00 bits per heavy atom. The fraction of sp³-hybridized carbons (Fsp3) is 0.500. The highest BCUT2D eigenvalue weighted by Gasteiger charge is 2.12. The first-order chi connectivity index (χ1) is 8.22. The number of aliphatic carboxylic acids is 1. The van der Waals surface area contributed by atoms with Crippen molar-refractivity contribution >= 4 is 11.7 Å².